The van der Waals surface area contributed by atoms with E-state index in [-0.39, 0.29) is 0 Å². The SMILES string of the molecule is Brc1cccc(C(CNC2CC2)Cc2ccsc2)c1. The summed E-state index contributed by atoms with van der Waals surface area (Å²) in [5.41, 5.74) is 2.88. The first-order chi connectivity index (χ1) is 9.31. The van der Waals surface area contributed by atoms with Gasteiger partial charge in [0.25, 0.3) is 0 Å². The Morgan fingerprint density at radius 2 is 2.21 bits per heavy atom. The van der Waals surface area contributed by atoms with Gasteiger partial charge < -0.3 is 5.32 Å². The second kappa shape index (κ2) is 6.21. The van der Waals surface area contributed by atoms with Crippen molar-refractivity contribution in [3.63, 3.8) is 0 Å². The number of nitrogens with one attached hydrogen (secondary N) is 1. The van der Waals surface area contributed by atoms with Gasteiger partial charge in [-0.2, -0.15) is 11.3 Å². The van der Waals surface area contributed by atoms with Gasteiger partial charge in [-0.1, -0.05) is 28.1 Å². The third kappa shape index (κ3) is 3.91. The number of hydrogen-bond acceptors (Lipinski definition) is 2. The average Bonchev–Trinajstić information content (AvgIpc) is 3.10. The van der Waals surface area contributed by atoms with Crippen LogP contribution in [0.5, 0.6) is 0 Å². The number of halogens is 1. The molecular weight excluding hydrogens is 318 g/mol. The van der Waals surface area contributed by atoms with Crippen LogP contribution >= 0.6 is 27.3 Å². The fraction of sp³-hybridized carbons (Fsp3) is 0.375. The van der Waals surface area contributed by atoms with Gasteiger partial charge in [0.1, 0.15) is 0 Å². The molecule has 1 aromatic heterocycles. The normalized spacial score (nSPS) is 16.5. The topological polar surface area (TPSA) is 12.0 Å². The molecule has 0 bridgehead atoms. The Balaban J connectivity index is 1.73. The lowest BCUT2D eigenvalue weighted by molar-refractivity contribution is 0.577. The van der Waals surface area contributed by atoms with Gasteiger partial charge in [0.05, 0.1) is 0 Å². The zero-order valence-electron chi connectivity index (χ0n) is 10.8. The van der Waals surface area contributed by atoms with Crippen LogP contribution in [-0.4, -0.2) is 12.6 Å². The van der Waals surface area contributed by atoms with Crippen LogP contribution in [0.1, 0.15) is 29.9 Å². The lowest BCUT2D eigenvalue weighted by atomic mass is 9.93. The van der Waals surface area contributed by atoms with Crippen molar-refractivity contribution < 1.29 is 0 Å². The zero-order chi connectivity index (χ0) is 13.1. The van der Waals surface area contributed by atoms with Gasteiger partial charge in [0.15, 0.2) is 0 Å². The van der Waals surface area contributed by atoms with E-state index in [0.29, 0.717) is 5.92 Å². The van der Waals surface area contributed by atoms with E-state index in [2.05, 4.69) is 62.3 Å². The van der Waals surface area contributed by atoms with Crippen LogP contribution in [0, 0.1) is 0 Å². The summed E-state index contributed by atoms with van der Waals surface area (Å²) in [7, 11) is 0. The van der Waals surface area contributed by atoms with Gasteiger partial charge in [-0.05, 0) is 59.3 Å². The molecule has 1 unspecified atom stereocenters. The van der Waals surface area contributed by atoms with Crippen LogP contribution in [0.3, 0.4) is 0 Å². The highest BCUT2D eigenvalue weighted by Gasteiger charge is 2.22. The van der Waals surface area contributed by atoms with Gasteiger partial charge in [-0.25, -0.2) is 0 Å². The first kappa shape index (κ1) is 13.3. The molecule has 1 fully saturated rings. The van der Waals surface area contributed by atoms with Crippen molar-refractivity contribution >= 4 is 27.3 Å². The van der Waals surface area contributed by atoms with Crippen molar-refractivity contribution in [3.05, 3.63) is 56.7 Å². The van der Waals surface area contributed by atoms with Crippen molar-refractivity contribution in [1.29, 1.82) is 0 Å². The molecule has 2 aromatic rings. The van der Waals surface area contributed by atoms with Crippen molar-refractivity contribution in [2.45, 2.75) is 31.2 Å². The van der Waals surface area contributed by atoms with E-state index >= 15 is 0 Å². The molecule has 1 aliphatic rings. The predicted molar refractivity (Wildman–Crippen MR) is 85.9 cm³/mol. The molecule has 3 heteroatoms. The van der Waals surface area contributed by atoms with Gasteiger partial charge in [0.2, 0.25) is 0 Å². The molecule has 19 heavy (non-hydrogen) atoms. The van der Waals surface area contributed by atoms with Gasteiger partial charge in [0, 0.05) is 23.0 Å². The number of rotatable bonds is 6. The Hall–Kier alpha value is -0.640. The molecule has 1 saturated carbocycles. The summed E-state index contributed by atoms with van der Waals surface area (Å²) in [4.78, 5) is 0. The first-order valence-electron chi connectivity index (χ1n) is 6.81. The summed E-state index contributed by atoms with van der Waals surface area (Å²) in [6.45, 7) is 1.08. The average molecular weight is 336 g/mol. The molecule has 3 rings (SSSR count). The third-order valence-electron chi connectivity index (χ3n) is 3.61. The van der Waals surface area contributed by atoms with Gasteiger partial charge in [-0.15, -0.1) is 0 Å². The van der Waals surface area contributed by atoms with Crippen LogP contribution in [0.25, 0.3) is 0 Å². The molecule has 0 saturated heterocycles. The third-order valence-corrected chi connectivity index (χ3v) is 4.84. The molecule has 1 heterocycles. The Morgan fingerprint density at radius 1 is 1.32 bits per heavy atom. The molecular formula is C16H18BrNS. The van der Waals surface area contributed by atoms with Gasteiger partial charge in [-0.3, -0.25) is 0 Å². The Kier molecular flexibility index (Phi) is 4.36. The van der Waals surface area contributed by atoms with E-state index < -0.39 is 0 Å². The van der Waals surface area contributed by atoms with E-state index in [4.69, 9.17) is 0 Å². The maximum Gasteiger partial charge on any atom is 0.0178 e. The van der Waals surface area contributed by atoms with E-state index in [1.807, 2.05) is 0 Å². The first-order valence-corrected chi connectivity index (χ1v) is 8.55. The molecule has 1 aromatic carbocycles. The maximum atomic E-state index is 3.68. The van der Waals surface area contributed by atoms with Gasteiger partial charge >= 0.3 is 0 Å². The number of hydrogen-bond donors (Lipinski definition) is 1. The largest absolute Gasteiger partial charge is 0.313 e. The fourth-order valence-corrected chi connectivity index (χ4v) is 3.46. The highest BCUT2D eigenvalue weighted by atomic mass is 79.9. The zero-order valence-corrected chi connectivity index (χ0v) is 13.2. The maximum absolute atomic E-state index is 3.68. The Morgan fingerprint density at radius 3 is 2.89 bits per heavy atom. The molecule has 1 aliphatic carbocycles. The summed E-state index contributed by atoms with van der Waals surface area (Å²) in [6.07, 6.45) is 3.83. The van der Waals surface area contributed by atoms with E-state index in [1.54, 1.807) is 11.3 Å². The van der Waals surface area contributed by atoms with Crippen molar-refractivity contribution in [2.24, 2.45) is 0 Å². The predicted octanol–water partition coefficient (Wildman–Crippen LogP) is 4.59. The minimum Gasteiger partial charge on any atom is -0.313 e. The van der Waals surface area contributed by atoms with E-state index in [9.17, 15) is 0 Å². The smallest absolute Gasteiger partial charge is 0.0178 e. The van der Waals surface area contributed by atoms with Crippen LogP contribution in [0.15, 0.2) is 45.6 Å². The quantitative estimate of drug-likeness (QED) is 0.814. The van der Waals surface area contributed by atoms with Crippen LogP contribution in [0.2, 0.25) is 0 Å². The Labute approximate surface area is 127 Å². The molecule has 1 atom stereocenters. The Bertz CT molecular complexity index is 519. The minimum absolute atomic E-state index is 0.563. The van der Waals surface area contributed by atoms with Crippen molar-refractivity contribution in [2.75, 3.05) is 6.54 Å². The van der Waals surface area contributed by atoms with Crippen molar-refractivity contribution in [1.82, 2.24) is 5.32 Å². The fourth-order valence-electron chi connectivity index (χ4n) is 2.36. The number of thiophene rings is 1. The molecule has 100 valence electrons. The minimum atomic E-state index is 0.563. The molecule has 0 radical (unpaired) electrons. The highest BCUT2D eigenvalue weighted by Crippen LogP contribution is 2.26. The second-order valence-electron chi connectivity index (χ2n) is 5.27. The molecule has 0 aliphatic heterocycles. The lowest BCUT2D eigenvalue weighted by Gasteiger charge is -2.18. The van der Waals surface area contributed by atoms with Crippen molar-refractivity contribution in [3.8, 4) is 0 Å². The molecule has 1 N–H and O–H groups in total. The lowest BCUT2D eigenvalue weighted by Crippen LogP contribution is -2.24. The number of benzene rings is 1. The van der Waals surface area contributed by atoms with Crippen LogP contribution in [0.4, 0.5) is 0 Å². The molecule has 0 amide bonds. The van der Waals surface area contributed by atoms with Crippen LogP contribution < -0.4 is 5.32 Å². The summed E-state index contributed by atoms with van der Waals surface area (Å²) in [5.74, 6) is 0.563. The summed E-state index contributed by atoms with van der Waals surface area (Å²) >= 11 is 5.37. The second-order valence-corrected chi connectivity index (χ2v) is 6.97. The summed E-state index contributed by atoms with van der Waals surface area (Å²) < 4.78 is 1.17. The summed E-state index contributed by atoms with van der Waals surface area (Å²) in [6, 6.07) is 11.8. The monoisotopic (exact) mass is 335 g/mol. The summed E-state index contributed by atoms with van der Waals surface area (Å²) in [5, 5.41) is 8.11. The standard InChI is InChI=1S/C16H18BrNS/c17-15-3-1-2-13(9-15)14(10-18-16-4-5-16)8-12-6-7-19-11-12/h1-3,6-7,9,11,14,16,18H,4-5,8,10H2. The van der Waals surface area contributed by atoms with E-state index in [1.165, 1.54) is 28.4 Å². The molecule has 1 nitrogen and oxygen atoms in total. The van der Waals surface area contributed by atoms with Crippen LogP contribution in [-0.2, 0) is 6.42 Å². The van der Waals surface area contributed by atoms with E-state index in [0.717, 1.165) is 19.0 Å². The highest BCUT2D eigenvalue weighted by molar-refractivity contribution is 9.10. The molecule has 0 spiro atoms.